The Hall–Kier alpha value is -1.72. The van der Waals surface area contributed by atoms with Gasteiger partial charge >= 0.3 is 0 Å². The van der Waals surface area contributed by atoms with E-state index < -0.39 is 6.29 Å². The van der Waals surface area contributed by atoms with E-state index in [1.165, 1.54) is 0 Å². The Balaban J connectivity index is 2.49. The van der Waals surface area contributed by atoms with E-state index in [-0.39, 0.29) is 0 Å². The summed E-state index contributed by atoms with van der Waals surface area (Å²) in [5.74, 6) is 0. The number of aliphatic hydroxyl groups excluding tert-OH is 1. The van der Waals surface area contributed by atoms with Gasteiger partial charge in [0, 0.05) is 6.61 Å². The second-order valence-corrected chi connectivity index (χ2v) is 3.22. The van der Waals surface area contributed by atoms with Gasteiger partial charge in [-0.15, -0.1) is 0 Å². The number of aromatic nitrogens is 3. The van der Waals surface area contributed by atoms with Gasteiger partial charge in [0.15, 0.2) is 11.9 Å². The largest absolute Gasteiger partial charge is 0.363 e. The molecule has 1 atom stereocenters. The van der Waals surface area contributed by atoms with Crippen molar-refractivity contribution in [3.8, 4) is 0 Å². The van der Waals surface area contributed by atoms with Crippen molar-refractivity contribution in [3.63, 3.8) is 0 Å². The van der Waals surface area contributed by atoms with Crippen LogP contribution >= 0.6 is 0 Å². The molecule has 5 heteroatoms. The predicted octanol–water partition coefficient (Wildman–Crippen LogP) is 1.40. The maximum atomic E-state index is 9.72. The Morgan fingerprint density at radius 1 is 1.62 bits per heavy atom. The van der Waals surface area contributed by atoms with Crippen LogP contribution < -0.4 is 0 Å². The Kier molecular flexibility index (Phi) is 2.98. The highest BCUT2D eigenvalue weighted by atomic mass is 16.6. The molecule has 16 heavy (non-hydrogen) atoms. The van der Waals surface area contributed by atoms with Crippen molar-refractivity contribution in [3.05, 3.63) is 36.3 Å². The molecule has 5 nitrogen and oxygen atoms in total. The van der Waals surface area contributed by atoms with Gasteiger partial charge in [-0.3, -0.25) is 0 Å². The zero-order valence-electron chi connectivity index (χ0n) is 9.00. The van der Waals surface area contributed by atoms with Crippen LogP contribution in [-0.2, 0) is 4.74 Å². The minimum Gasteiger partial charge on any atom is -0.363 e. The zero-order valence-corrected chi connectivity index (χ0v) is 9.00. The summed E-state index contributed by atoms with van der Waals surface area (Å²) in [6, 6.07) is 3.62. The fourth-order valence-electron chi connectivity index (χ4n) is 1.43. The number of aliphatic hydroxyl groups is 1. The van der Waals surface area contributed by atoms with Crippen molar-refractivity contribution >= 4 is 11.7 Å². The second kappa shape index (κ2) is 4.42. The lowest BCUT2D eigenvalue weighted by molar-refractivity contribution is -0.102. The van der Waals surface area contributed by atoms with E-state index >= 15 is 0 Å². The first-order chi connectivity index (χ1) is 7.76. The minimum absolute atomic E-state index is 0.426. The monoisotopic (exact) mass is 219 g/mol. The zero-order chi connectivity index (χ0) is 11.5. The molecule has 0 fully saturated rings. The van der Waals surface area contributed by atoms with Crippen molar-refractivity contribution in [2.24, 2.45) is 0 Å². The van der Waals surface area contributed by atoms with Crippen LogP contribution in [0.4, 0.5) is 0 Å². The summed E-state index contributed by atoms with van der Waals surface area (Å²) in [6.45, 7) is 5.88. The van der Waals surface area contributed by atoms with Crippen LogP contribution in [0.3, 0.4) is 0 Å². The predicted molar refractivity (Wildman–Crippen MR) is 59.7 cm³/mol. The number of hydrogen-bond donors (Lipinski definition) is 1. The number of fused-ring (bicyclic) bond motifs is 1. The molecular weight excluding hydrogens is 206 g/mol. The van der Waals surface area contributed by atoms with Crippen molar-refractivity contribution in [1.29, 1.82) is 0 Å². The fraction of sp³-hybridized carbons (Fsp3) is 0.273. The fourth-order valence-corrected chi connectivity index (χ4v) is 1.43. The van der Waals surface area contributed by atoms with Gasteiger partial charge in [-0.2, -0.15) is 5.10 Å². The Morgan fingerprint density at radius 2 is 2.44 bits per heavy atom. The summed E-state index contributed by atoms with van der Waals surface area (Å²) >= 11 is 0. The molecule has 2 rings (SSSR count). The summed E-state index contributed by atoms with van der Waals surface area (Å²) in [5.41, 5.74) is 1.90. The van der Waals surface area contributed by atoms with Gasteiger partial charge in [-0.1, -0.05) is 6.58 Å². The van der Waals surface area contributed by atoms with E-state index in [1.54, 1.807) is 16.8 Å². The number of imidazole rings is 1. The van der Waals surface area contributed by atoms with Crippen LogP contribution in [0.2, 0.25) is 0 Å². The van der Waals surface area contributed by atoms with Gasteiger partial charge in [0.2, 0.25) is 0 Å². The minimum atomic E-state index is -1.01. The number of hydrogen-bond acceptors (Lipinski definition) is 4. The van der Waals surface area contributed by atoms with Crippen molar-refractivity contribution in [2.45, 2.75) is 13.2 Å². The SMILES string of the molecule is C=Cc1ccc2ncc(C(O)OCC)n2n1. The van der Waals surface area contributed by atoms with Crippen LogP contribution in [0.25, 0.3) is 11.7 Å². The van der Waals surface area contributed by atoms with Crippen LogP contribution in [0.1, 0.15) is 24.6 Å². The normalized spacial score (nSPS) is 12.9. The first-order valence-corrected chi connectivity index (χ1v) is 5.03. The summed E-state index contributed by atoms with van der Waals surface area (Å²) in [4.78, 5) is 4.12. The lowest BCUT2D eigenvalue weighted by Gasteiger charge is -2.09. The number of ether oxygens (including phenoxy) is 1. The highest BCUT2D eigenvalue weighted by Crippen LogP contribution is 2.15. The van der Waals surface area contributed by atoms with Crippen LogP contribution in [0.15, 0.2) is 24.9 Å². The lowest BCUT2D eigenvalue weighted by atomic mass is 10.4. The molecule has 0 saturated carbocycles. The molecule has 0 radical (unpaired) electrons. The van der Waals surface area contributed by atoms with E-state index in [4.69, 9.17) is 4.74 Å². The standard InChI is InChI=1S/C11H13N3O2/c1-3-8-5-6-10-12-7-9(14(10)13-8)11(15)16-4-2/h3,5-7,11,15H,1,4H2,2H3. The molecule has 0 saturated heterocycles. The lowest BCUT2D eigenvalue weighted by Crippen LogP contribution is -2.08. The summed E-state index contributed by atoms with van der Waals surface area (Å²) in [6.07, 6.45) is 2.18. The molecule has 1 N–H and O–H groups in total. The van der Waals surface area contributed by atoms with Crippen LogP contribution in [0, 0.1) is 0 Å². The van der Waals surface area contributed by atoms with E-state index in [0.717, 1.165) is 5.69 Å². The average molecular weight is 219 g/mol. The number of rotatable bonds is 4. The molecule has 84 valence electrons. The molecule has 1 unspecified atom stereocenters. The molecule has 0 bridgehead atoms. The molecule has 2 aromatic heterocycles. The van der Waals surface area contributed by atoms with Gasteiger partial charge in [-0.25, -0.2) is 9.50 Å². The van der Waals surface area contributed by atoms with Crippen molar-refractivity contribution < 1.29 is 9.84 Å². The van der Waals surface area contributed by atoms with Gasteiger partial charge in [0.1, 0.15) is 5.69 Å². The van der Waals surface area contributed by atoms with E-state index in [2.05, 4.69) is 16.7 Å². The second-order valence-electron chi connectivity index (χ2n) is 3.22. The molecule has 0 aliphatic heterocycles. The highest BCUT2D eigenvalue weighted by molar-refractivity contribution is 5.46. The highest BCUT2D eigenvalue weighted by Gasteiger charge is 2.13. The first kappa shape index (κ1) is 10.8. The van der Waals surface area contributed by atoms with Gasteiger partial charge in [0.25, 0.3) is 0 Å². The Bertz CT molecular complexity index is 507. The topological polar surface area (TPSA) is 59.7 Å². The van der Waals surface area contributed by atoms with E-state index in [0.29, 0.717) is 17.9 Å². The van der Waals surface area contributed by atoms with E-state index in [1.807, 2.05) is 19.1 Å². The molecule has 2 aromatic rings. The molecule has 0 spiro atoms. The summed E-state index contributed by atoms with van der Waals surface area (Å²) in [5, 5.41) is 14.0. The van der Waals surface area contributed by atoms with E-state index in [9.17, 15) is 5.11 Å². The summed E-state index contributed by atoms with van der Waals surface area (Å²) in [7, 11) is 0. The van der Waals surface area contributed by atoms with Gasteiger partial charge in [0.05, 0.1) is 11.9 Å². The third-order valence-electron chi connectivity index (χ3n) is 2.20. The van der Waals surface area contributed by atoms with Gasteiger partial charge in [-0.05, 0) is 25.1 Å². The Labute approximate surface area is 93.0 Å². The molecule has 0 aliphatic rings. The molecule has 2 heterocycles. The molecule has 0 aromatic carbocycles. The third kappa shape index (κ3) is 1.82. The van der Waals surface area contributed by atoms with Gasteiger partial charge < -0.3 is 9.84 Å². The Morgan fingerprint density at radius 3 is 3.12 bits per heavy atom. The van der Waals surface area contributed by atoms with Crippen LogP contribution in [0.5, 0.6) is 0 Å². The number of nitrogens with zero attached hydrogens (tertiary/aromatic N) is 3. The maximum absolute atomic E-state index is 9.72. The third-order valence-corrected chi connectivity index (χ3v) is 2.20. The van der Waals surface area contributed by atoms with Crippen molar-refractivity contribution in [1.82, 2.24) is 14.6 Å². The smallest absolute Gasteiger partial charge is 0.200 e. The average Bonchev–Trinajstić information content (AvgIpc) is 2.71. The maximum Gasteiger partial charge on any atom is 0.200 e. The summed E-state index contributed by atoms with van der Waals surface area (Å²) < 4.78 is 6.65. The molecule has 0 amide bonds. The quantitative estimate of drug-likeness (QED) is 0.789. The van der Waals surface area contributed by atoms with Crippen molar-refractivity contribution in [2.75, 3.05) is 6.61 Å². The van der Waals surface area contributed by atoms with Crippen LogP contribution in [-0.4, -0.2) is 26.3 Å². The molecule has 0 aliphatic carbocycles. The molecular formula is C11H13N3O2. The first-order valence-electron chi connectivity index (χ1n) is 5.03.